The Morgan fingerprint density at radius 2 is 2.05 bits per heavy atom. The van der Waals surface area contributed by atoms with Crippen LogP contribution in [-0.4, -0.2) is 27.6 Å². The highest BCUT2D eigenvalue weighted by atomic mass is 16.2. The number of nitrogens with one attached hydrogen (secondary N) is 2. The molecule has 19 heavy (non-hydrogen) atoms. The molecule has 0 spiro atoms. The number of hydrogen-bond donors (Lipinski definition) is 2. The number of para-hydroxylation sites is 1. The van der Waals surface area contributed by atoms with Gasteiger partial charge in [0.2, 0.25) is 5.69 Å². The van der Waals surface area contributed by atoms with E-state index in [4.69, 9.17) is 0 Å². The number of H-pyrrole nitrogens is 2. The highest BCUT2D eigenvalue weighted by Gasteiger charge is 2.27. The average molecular weight is 258 g/mol. The number of carbonyl (C=O) groups is 1. The number of aromatic amines is 2. The van der Waals surface area contributed by atoms with Crippen molar-refractivity contribution in [3.8, 4) is 0 Å². The van der Waals surface area contributed by atoms with E-state index in [2.05, 4.69) is 10.2 Å². The molecule has 0 unspecified atom stereocenters. The third-order valence-corrected chi connectivity index (χ3v) is 3.05. The zero-order chi connectivity index (χ0) is 13.4. The molecule has 3 rings (SSSR count). The number of anilines is 1. The van der Waals surface area contributed by atoms with Gasteiger partial charge in [0.25, 0.3) is 11.5 Å². The van der Waals surface area contributed by atoms with Crippen LogP contribution in [0, 0.1) is 0 Å². The van der Waals surface area contributed by atoms with Gasteiger partial charge >= 0.3 is 5.69 Å². The zero-order valence-corrected chi connectivity index (χ0v) is 9.84. The molecule has 0 saturated carbocycles. The van der Waals surface area contributed by atoms with Gasteiger partial charge in [0.15, 0.2) is 0 Å². The van der Waals surface area contributed by atoms with Gasteiger partial charge < -0.3 is 4.90 Å². The van der Waals surface area contributed by atoms with Crippen molar-refractivity contribution in [1.82, 2.24) is 15.2 Å². The molecule has 1 aliphatic rings. The number of nitrogens with zero attached hydrogens (tertiary/aromatic N) is 2. The highest BCUT2D eigenvalue weighted by molar-refractivity contribution is 6.05. The van der Waals surface area contributed by atoms with Crippen LogP contribution < -0.4 is 16.1 Å². The van der Waals surface area contributed by atoms with E-state index in [-0.39, 0.29) is 5.69 Å². The van der Waals surface area contributed by atoms with Gasteiger partial charge in [-0.25, -0.2) is 9.89 Å². The lowest BCUT2D eigenvalue weighted by Crippen LogP contribution is -2.37. The van der Waals surface area contributed by atoms with Crippen LogP contribution in [0.4, 0.5) is 5.69 Å². The van der Waals surface area contributed by atoms with Gasteiger partial charge in [-0.3, -0.25) is 14.6 Å². The number of hydrogen-bond acceptors (Lipinski definition) is 4. The second-order valence-corrected chi connectivity index (χ2v) is 4.19. The van der Waals surface area contributed by atoms with E-state index in [1.54, 1.807) is 0 Å². The molecule has 1 amide bonds. The van der Waals surface area contributed by atoms with Gasteiger partial charge in [-0.05, 0) is 18.1 Å². The van der Waals surface area contributed by atoms with Gasteiger partial charge in [0.05, 0.1) is 0 Å². The Morgan fingerprint density at radius 1 is 1.26 bits per heavy atom. The number of rotatable bonds is 1. The zero-order valence-electron chi connectivity index (χ0n) is 9.84. The van der Waals surface area contributed by atoms with Crippen LogP contribution in [0.25, 0.3) is 0 Å². The Bertz CT molecular complexity index is 762. The maximum atomic E-state index is 12.3. The van der Waals surface area contributed by atoms with Gasteiger partial charge in [-0.15, -0.1) is 0 Å². The maximum Gasteiger partial charge on any atom is 0.342 e. The molecular weight excluding hydrogens is 248 g/mol. The van der Waals surface area contributed by atoms with Gasteiger partial charge in [0.1, 0.15) is 0 Å². The van der Waals surface area contributed by atoms with Gasteiger partial charge in [0, 0.05) is 12.2 Å². The number of amides is 1. The Hall–Kier alpha value is -2.70. The van der Waals surface area contributed by atoms with Crippen molar-refractivity contribution in [1.29, 1.82) is 0 Å². The van der Waals surface area contributed by atoms with Crippen molar-refractivity contribution in [2.45, 2.75) is 6.42 Å². The van der Waals surface area contributed by atoms with Crippen molar-refractivity contribution < 1.29 is 4.79 Å². The lowest BCUT2D eigenvalue weighted by atomic mass is 10.2. The molecule has 7 nitrogen and oxygen atoms in total. The minimum atomic E-state index is -0.780. The van der Waals surface area contributed by atoms with Gasteiger partial charge in [-0.2, -0.15) is 5.10 Å². The molecule has 2 heterocycles. The van der Waals surface area contributed by atoms with E-state index in [1.165, 1.54) is 4.90 Å². The summed E-state index contributed by atoms with van der Waals surface area (Å²) in [5.41, 5.74) is 0.00871. The summed E-state index contributed by atoms with van der Waals surface area (Å²) in [5, 5.41) is 5.58. The third-order valence-electron chi connectivity index (χ3n) is 3.05. The lowest BCUT2D eigenvalue weighted by Gasteiger charge is -2.15. The molecular formula is C12H10N4O3. The van der Waals surface area contributed by atoms with E-state index in [9.17, 15) is 14.4 Å². The average Bonchev–Trinajstić information content (AvgIpc) is 2.82. The molecule has 1 aromatic carbocycles. The molecule has 0 bridgehead atoms. The van der Waals surface area contributed by atoms with Crippen molar-refractivity contribution in [2.24, 2.45) is 0 Å². The molecule has 0 saturated heterocycles. The summed E-state index contributed by atoms with van der Waals surface area (Å²) >= 11 is 0. The Labute approximate surface area is 106 Å². The largest absolute Gasteiger partial charge is 0.342 e. The highest BCUT2D eigenvalue weighted by Crippen LogP contribution is 2.27. The first-order valence-electron chi connectivity index (χ1n) is 5.75. The van der Waals surface area contributed by atoms with Crippen LogP contribution in [0.5, 0.6) is 0 Å². The lowest BCUT2D eigenvalue weighted by molar-refractivity contribution is 0.0981. The first-order valence-corrected chi connectivity index (χ1v) is 5.75. The fraction of sp³-hybridized carbons (Fsp3) is 0.167. The molecule has 2 aromatic rings. The maximum absolute atomic E-state index is 12.3. The van der Waals surface area contributed by atoms with Crippen LogP contribution in [0.1, 0.15) is 16.1 Å². The predicted octanol–water partition coefficient (Wildman–Crippen LogP) is -0.339. The Balaban J connectivity index is 2.03. The molecule has 0 radical (unpaired) electrons. The van der Waals surface area contributed by atoms with E-state index >= 15 is 0 Å². The fourth-order valence-electron chi connectivity index (χ4n) is 2.17. The second kappa shape index (κ2) is 4.20. The van der Waals surface area contributed by atoms with Crippen molar-refractivity contribution in [2.75, 3.05) is 11.4 Å². The summed E-state index contributed by atoms with van der Waals surface area (Å²) in [7, 11) is 0. The molecule has 7 heteroatoms. The summed E-state index contributed by atoms with van der Waals surface area (Å²) in [6.07, 6.45) is 0.739. The molecule has 0 aliphatic carbocycles. The smallest absolute Gasteiger partial charge is 0.306 e. The number of fused-ring (bicyclic) bond motifs is 1. The number of aromatic nitrogens is 3. The van der Waals surface area contributed by atoms with Crippen LogP contribution in [0.15, 0.2) is 33.9 Å². The van der Waals surface area contributed by atoms with Crippen LogP contribution in [-0.2, 0) is 6.42 Å². The molecule has 0 atom stereocenters. The normalized spacial score (nSPS) is 13.4. The number of carbonyl (C=O) groups excluding carboxylic acids is 1. The third kappa shape index (κ3) is 1.85. The standard InChI is InChI=1S/C12H10N4O3/c17-10-9(14-15-12(19)13-10)11(18)16-6-5-7-3-1-2-4-8(7)16/h1-4H,5-6H2,(H2,13,15,17,19). The summed E-state index contributed by atoms with van der Waals surface area (Å²) < 4.78 is 0. The first-order chi connectivity index (χ1) is 9.16. The Kier molecular flexibility index (Phi) is 2.52. The minimum absolute atomic E-state index is 0.309. The van der Waals surface area contributed by atoms with Crippen molar-refractivity contribution >= 4 is 11.6 Å². The SMILES string of the molecule is O=C(c1n[nH]c(=O)[nH]c1=O)N1CCc2ccccc21. The summed E-state index contributed by atoms with van der Waals surface area (Å²) in [4.78, 5) is 38.2. The Morgan fingerprint density at radius 3 is 2.84 bits per heavy atom. The summed E-state index contributed by atoms with van der Waals surface area (Å²) in [6, 6.07) is 7.49. The molecule has 96 valence electrons. The second-order valence-electron chi connectivity index (χ2n) is 4.19. The fourth-order valence-corrected chi connectivity index (χ4v) is 2.17. The van der Waals surface area contributed by atoms with Crippen molar-refractivity contribution in [3.05, 3.63) is 56.4 Å². The molecule has 1 aliphatic heterocycles. The van der Waals surface area contributed by atoms with Gasteiger partial charge in [-0.1, -0.05) is 18.2 Å². The monoisotopic (exact) mass is 258 g/mol. The molecule has 0 fully saturated rings. The van der Waals surface area contributed by atoms with Crippen LogP contribution in [0.2, 0.25) is 0 Å². The van der Waals surface area contributed by atoms with Crippen LogP contribution >= 0.6 is 0 Å². The summed E-state index contributed by atoms with van der Waals surface area (Å²) in [6.45, 7) is 0.498. The van der Waals surface area contributed by atoms with Crippen molar-refractivity contribution in [3.63, 3.8) is 0 Å². The van der Waals surface area contributed by atoms with Crippen LogP contribution in [0.3, 0.4) is 0 Å². The van der Waals surface area contributed by atoms with E-state index in [1.807, 2.05) is 29.2 Å². The molecule has 2 N–H and O–H groups in total. The topological polar surface area (TPSA) is 98.9 Å². The first kappa shape index (κ1) is 11.4. The predicted molar refractivity (Wildman–Crippen MR) is 67.3 cm³/mol. The quantitative estimate of drug-likeness (QED) is 0.731. The van der Waals surface area contributed by atoms with E-state index < -0.39 is 17.2 Å². The van der Waals surface area contributed by atoms with E-state index in [0.29, 0.717) is 6.54 Å². The molecule has 1 aromatic heterocycles. The number of benzene rings is 1. The summed E-state index contributed by atoms with van der Waals surface area (Å²) in [5.74, 6) is -0.512. The van der Waals surface area contributed by atoms with E-state index in [0.717, 1.165) is 17.7 Å². The minimum Gasteiger partial charge on any atom is -0.306 e.